The van der Waals surface area contributed by atoms with Crippen molar-refractivity contribution < 1.29 is 14.0 Å². The third-order valence-corrected chi connectivity index (χ3v) is 3.79. The summed E-state index contributed by atoms with van der Waals surface area (Å²) in [6, 6.07) is 4.20. The molecule has 1 fully saturated rings. The second-order valence-electron chi connectivity index (χ2n) is 4.89. The Bertz CT molecular complexity index is 732. The Morgan fingerprint density at radius 2 is 2.19 bits per heavy atom. The minimum atomic E-state index is -1.27. The number of rotatable bonds is 2. The monoisotopic (exact) mass is 310 g/mol. The fourth-order valence-electron chi connectivity index (χ4n) is 2.57. The van der Waals surface area contributed by atoms with E-state index in [1.165, 1.54) is 4.40 Å². The molecular formula is C13H12ClFN4O2. The quantitative estimate of drug-likeness (QED) is 0.899. The van der Waals surface area contributed by atoms with Crippen molar-refractivity contribution in [3.05, 3.63) is 35.2 Å². The molecule has 0 saturated carbocycles. The maximum Gasteiger partial charge on any atom is 0.274 e. The predicted molar refractivity (Wildman–Crippen MR) is 73.7 cm³/mol. The lowest BCUT2D eigenvalue weighted by Crippen LogP contribution is -2.44. The average Bonchev–Trinajstić information content (AvgIpc) is 2.97. The second-order valence-corrected chi connectivity index (χ2v) is 5.25. The predicted octanol–water partition coefficient (Wildman–Crippen LogP) is 1.03. The van der Waals surface area contributed by atoms with Crippen molar-refractivity contribution in [1.29, 1.82) is 0 Å². The molecule has 21 heavy (non-hydrogen) atoms. The molecule has 2 amide bonds. The Balaban J connectivity index is 2.04. The molecule has 3 rings (SSSR count). The summed E-state index contributed by atoms with van der Waals surface area (Å²) in [5, 5.41) is 0.0109. The minimum Gasteiger partial charge on any atom is -0.368 e. The van der Waals surface area contributed by atoms with E-state index in [-0.39, 0.29) is 23.8 Å². The Morgan fingerprint density at radius 3 is 2.90 bits per heavy atom. The lowest BCUT2D eigenvalue weighted by Gasteiger charge is -2.21. The standard InChI is InChI=1S/C13H12ClFN4O2/c14-11-10(18-4-2-1-3-9(18)17-11)13(21)19-6-7(15)5-8(19)12(16)20/h1-4,7-8H,5-6H2,(H2,16,20)/t7-,8+/m1/s1. The van der Waals surface area contributed by atoms with Gasteiger partial charge in [-0.25, -0.2) is 9.37 Å². The highest BCUT2D eigenvalue weighted by Gasteiger charge is 2.40. The van der Waals surface area contributed by atoms with Crippen LogP contribution < -0.4 is 5.73 Å². The number of fused-ring (bicyclic) bond motifs is 1. The number of hydrogen-bond donors (Lipinski definition) is 1. The van der Waals surface area contributed by atoms with E-state index in [4.69, 9.17) is 17.3 Å². The van der Waals surface area contributed by atoms with Gasteiger partial charge in [0.15, 0.2) is 10.8 Å². The molecule has 0 aromatic carbocycles. The highest BCUT2D eigenvalue weighted by Crippen LogP contribution is 2.26. The van der Waals surface area contributed by atoms with Crippen molar-refractivity contribution in [2.24, 2.45) is 5.73 Å². The molecule has 0 unspecified atom stereocenters. The van der Waals surface area contributed by atoms with Crippen molar-refractivity contribution in [3.63, 3.8) is 0 Å². The van der Waals surface area contributed by atoms with Gasteiger partial charge in [-0.05, 0) is 12.1 Å². The van der Waals surface area contributed by atoms with Crippen molar-refractivity contribution in [1.82, 2.24) is 14.3 Å². The van der Waals surface area contributed by atoms with Gasteiger partial charge in [0, 0.05) is 12.6 Å². The van der Waals surface area contributed by atoms with E-state index in [0.29, 0.717) is 5.65 Å². The highest BCUT2D eigenvalue weighted by atomic mass is 35.5. The molecular weight excluding hydrogens is 299 g/mol. The Labute approximate surface area is 124 Å². The summed E-state index contributed by atoms with van der Waals surface area (Å²) >= 11 is 6.02. The summed E-state index contributed by atoms with van der Waals surface area (Å²) in [6.45, 7) is -0.178. The Kier molecular flexibility index (Phi) is 3.29. The molecule has 2 N–H and O–H groups in total. The number of nitrogens with two attached hydrogens (primary N) is 1. The maximum atomic E-state index is 13.5. The highest BCUT2D eigenvalue weighted by molar-refractivity contribution is 6.32. The summed E-state index contributed by atoms with van der Waals surface area (Å²) in [5.41, 5.74) is 5.84. The number of halogens is 2. The van der Waals surface area contributed by atoms with Crippen LogP contribution in [0.5, 0.6) is 0 Å². The number of hydrogen-bond acceptors (Lipinski definition) is 3. The Morgan fingerprint density at radius 1 is 1.43 bits per heavy atom. The van der Waals surface area contributed by atoms with E-state index in [9.17, 15) is 14.0 Å². The Hall–Kier alpha value is -2.15. The molecule has 0 bridgehead atoms. The van der Waals surface area contributed by atoms with Crippen LogP contribution in [0.4, 0.5) is 4.39 Å². The van der Waals surface area contributed by atoms with Gasteiger partial charge < -0.3 is 10.6 Å². The van der Waals surface area contributed by atoms with E-state index in [2.05, 4.69) is 4.98 Å². The summed E-state index contributed by atoms with van der Waals surface area (Å²) in [4.78, 5) is 29.2. The normalized spacial score (nSPS) is 21.9. The first-order valence-electron chi connectivity index (χ1n) is 6.36. The zero-order valence-electron chi connectivity index (χ0n) is 10.9. The molecule has 2 atom stereocenters. The summed E-state index contributed by atoms with van der Waals surface area (Å²) in [6.07, 6.45) is 0.267. The van der Waals surface area contributed by atoms with Gasteiger partial charge in [-0.1, -0.05) is 17.7 Å². The molecule has 0 aliphatic carbocycles. The molecule has 6 nitrogen and oxygen atoms in total. The van der Waals surface area contributed by atoms with Crippen molar-refractivity contribution in [2.45, 2.75) is 18.6 Å². The molecule has 1 saturated heterocycles. The summed E-state index contributed by atoms with van der Waals surface area (Å²) < 4.78 is 15.1. The van der Waals surface area contributed by atoms with Crippen LogP contribution in [0.25, 0.3) is 5.65 Å². The van der Waals surface area contributed by atoms with Gasteiger partial charge in [-0.2, -0.15) is 0 Å². The number of carbonyl (C=O) groups is 2. The van der Waals surface area contributed by atoms with Gasteiger partial charge >= 0.3 is 0 Å². The average molecular weight is 311 g/mol. The zero-order valence-corrected chi connectivity index (χ0v) is 11.6. The molecule has 0 spiro atoms. The van der Waals surface area contributed by atoms with Crippen molar-refractivity contribution in [2.75, 3.05) is 6.54 Å². The van der Waals surface area contributed by atoms with E-state index >= 15 is 0 Å². The third kappa shape index (κ3) is 2.23. The second kappa shape index (κ2) is 5.00. The van der Waals surface area contributed by atoms with E-state index < -0.39 is 24.0 Å². The molecule has 1 aliphatic rings. The summed E-state index contributed by atoms with van der Waals surface area (Å²) in [7, 11) is 0. The number of pyridine rings is 1. The van der Waals surface area contributed by atoms with Crippen LogP contribution in [0.1, 0.15) is 16.9 Å². The molecule has 0 radical (unpaired) electrons. The molecule has 1 aliphatic heterocycles. The van der Waals surface area contributed by atoms with Gasteiger partial charge in [-0.15, -0.1) is 0 Å². The van der Waals surface area contributed by atoms with Crippen LogP contribution >= 0.6 is 11.6 Å². The number of nitrogens with zero attached hydrogens (tertiary/aromatic N) is 3. The smallest absolute Gasteiger partial charge is 0.274 e. The van der Waals surface area contributed by atoms with E-state index in [1.807, 2.05) is 0 Å². The number of likely N-dealkylation sites (tertiary alicyclic amines) is 1. The topological polar surface area (TPSA) is 80.7 Å². The maximum absolute atomic E-state index is 13.5. The zero-order chi connectivity index (χ0) is 15.1. The number of alkyl halides is 1. The first kappa shape index (κ1) is 13.8. The number of carbonyl (C=O) groups excluding carboxylic acids is 2. The van der Waals surface area contributed by atoms with Gasteiger partial charge in [-0.3, -0.25) is 14.0 Å². The minimum absolute atomic E-state index is 0.0109. The van der Waals surface area contributed by atoms with Gasteiger partial charge in [0.25, 0.3) is 5.91 Å². The van der Waals surface area contributed by atoms with E-state index in [1.54, 1.807) is 24.4 Å². The van der Waals surface area contributed by atoms with Crippen LogP contribution in [0, 0.1) is 0 Å². The number of aromatic nitrogens is 2. The van der Waals surface area contributed by atoms with Crippen LogP contribution in [0.3, 0.4) is 0 Å². The van der Waals surface area contributed by atoms with Gasteiger partial charge in [0.2, 0.25) is 5.91 Å². The molecule has 3 heterocycles. The number of imidazole rings is 1. The SMILES string of the molecule is NC(=O)[C@@H]1C[C@@H](F)CN1C(=O)c1c(Cl)nc2ccccn12. The first-order valence-corrected chi connectivity index (χ1v) is 6.73. The van der Waals surface area contributed by atoms with Gasteiger partial charge in [0.1, 0.15) is 17.9 Å². The molecule has 2 aromatic rings. The van der Waals surface area contributed by atoms with Crippen molar-refractivity contribution in [3.8, 4) is 0 Å². The lowest BCUT2D eigenvalue weighted by molar-refractivity contribution is -0.121. The van der Waals surface area contributed by atoms with Crippen molar-refractivity contribution >= 4 is 29.1 Å². The largest absolute Gasteiger partial charge is 0.368 e. The lowest BCUT2D eigenvalue weighted by atomic mass is 10.2. The van der Waals surface area contributed by atoms with Gasteiger partial charge in [0.05, 0.1) is 6.54 Å². The van der Waals surface area contributed by atoms with Crippen LogP contribution in [0.2, 0.25) is 5.15 Å². The molecule has 2 aromatic heterocycles. The molecule has 8 heteroatoms. The van der Waals surface area contributed by atoms with Crippen LogP contribution in [-0.4, -0.2) is 44.9 Å². The number of amides is 2. The number of primary amides is 1. The van der Waals surface area contributed by atoms with E-state index in [0.717, 1.165) is 4.90 Å². The fraction of sp³-hybridized carbons (Fsp3) is 0.308. The molecule has 110 valence electrons. The van der Waals surface area contributed by atoms with Crippen LogP contribution in [-0.2, 0) is 4.79 Å². The third-order valence-electron chi connectivity index (χ3n) is 3.53. The first-order chi connectivity index (χ1) is 9.99. The summed E-state index contributed by atoms with van der Waals surface area (Å²) in [5.74, 6) is -1.28. The van der Waals surface area contributed by atoms with Crippen LogP contribution in [0.15, 0.2) is 24.4 Å². The fourth-order valence-corrected chi connectivity index (χ4v) is 2.83.